The molecule has 5 heteroatoms. The van der Waals surface area contributed by atoms with E-state index in [1.807, 2.05) is 30.3 Å². The maximum absolute atomic E-state index is 11.8. The SMILES string of the molecule is N=C(N)C(NC(=O)NC1CCC1)c1ccccc1. The number of urea groups is 1. The van der Waals surface area contributed by atoms with Crippen molar-refractivity contribution in [2.24, 2.45) is 5.73 Å². The van der Waals surface area contributed by atoms with Crippen molar-refractivity contribution in [3.63, 3.8) is 0 Å². The molecule has 5 nitrogen and oxygen atoms in total. The number of hydrogen-bond acceptors (Lipinski definition) is 2. The predicted molar refractivity (Wildman–Crippen MR) is 70.4 cm³/mol. The molecular formula is C13H18N4O. The van der Waals surface area contributed by atoms with Gasteiger partial charge in [0.2, 0.25) is 0 Å². The zero-order chi connectivity index (χ0) is 13.0. The minimum absolute atomic E-state index is 0.0649. The van der Waals surface area contributed by atoms with Gasteiger partial charge in [-0.2, -0.15) is 0 Å². The van der Waals surface area contributed by atoms with Gasteiger partial charge in [0.1, 0.15) is 11.9 Å². The molecule has 1 fully saturated rings. The third-order valence-corrected chi connectivity index (χ3v) is 3.16. The van der Waals surface area contributed by atoms with Crippen LogP contribution in [0.5, 0.6) is 0 Å². The second-order valence-corrected chi connectivity index (χ2v) is 4.54. The first kappa shape index (κ1) is 12.4. The molecule has 1 aromatic carbocycles. The summed E-state index contributed by atoms with van der Waals surface area (Å²) in [6, 6.07) is 8.73. The standard InChI is InChI=1S/C13H18N4O/c14-12(15)11(9-5-2-1-3-6-9)17-13(18)16-10-7-4-8-10/h1-3,5-6,10-11H,4,7-8H2,(H3,14,15)(H2,16,17,18). The van der Waals surface area contributed by atoms with Crippen LogP contribution in [0.3, 0.4) is 0 Å². The van der Waals surface area contributed by atoms with Gasteiger partial charge in [-0.3, -0.25) is 5.41 Å². The lowest BCUT2D eigenvalue weighted by Gasteiger charge is -2.27. The Balaban J connectivity index is 1.98. The van der Waals surface area contributed by atoms with Crippen LogP contribution in [0.4, 0.5) is 4.79 Å². The third-order valence-electron chi connectivity index (χ3n) is 3.16. The number of carbonyl (C=O) groups excluding carboxylic acids is 1. The molecule has 5 N–H and O–H groups in total. The lowest BCUT2D eigenvalue weighted by molar-refractivity contribution is 0.227. The summed E-state index contributed by atoms with van der Waals surface area (Å²) in [7, 11) is 0. The molecule has 96 valence electrons. The summed E-state index contributed by atoms with van der Waals surface area (Å²) in [5.41, 5.74) is 6.35. The van der Waals surface area contributed by atoms with Gasteiger partial charge in [-0.15, -0.1) is 0 Å². The zero-order valence-electron chi connectivity index (χ0n) is 10.1. The van der Waals surface area contributed by atoms with Crippen LogP contribution in [-0.2, 0) is 0 Å². The van der Waals surface area contributed by atoms with E-state index in [2.05, 4.69) is 10.6 Å². The minimum atomic E-state index is -0.564. The molecule has 0 radical (unpaired) electrons. The molecule has 1 aromatic rings. The number of amidine groups is 1. The highest BCUT2D eigenvalue weighted by atomic mass is 16.2. The molecule has 1 aliphatic rings. The maximum Gasteiger partial charge on any atom is 0.315 e. The van der Waals surface area contributed by atoms with E-state index in [0.717, 1.165) is 18.4 Å². The van der Waals surface area contributed by atoms with Crippen molar-refractivity contribution in [2.45, 2.75) is 31.3 Å². The lowest BCUT2D eigenvalue weighted by atomic mass is 9.93. The Bertz CT molecular complexity index is 428. The molecule has 1 aliphatic carbocycles. The Morgan fingerprint density at radius 2 is 2.00 bits per heavy atom. The van der Waals surface area contributed by atoms with Crippen LogP contribution in [0.2, 0.25) is 0 Å². The number of rotatable bonds is 4. The fraction of sp³-hybridized carbons (Fsp3) is 0.385. The van der Waals surface area contributed by atoms with E-state index in [9.17, 15) is 4.79 Å². The van der Waals surface area contributed by atoms with Gasteiger partial charge >= 0.3 is 6.03 Å². The Hall–Kier alpha value is -2.04. The lowest BCUT2D eigenvalue weighted by Crippen LogP contribution is -2.48. The van der Waals surface area contributed by atoms with E-state index < -0.39 is 6.04 Å². The number of hydrogen-bond donors (Lipinski definition) is 4. The molecular weight excluding hydrogens is 228 g/mol. The van der Waals surface area contributed by atoms with Crippen LogP contribution in [0, 0.1) is 5.41 Å². The van der Waals surface area contributed by atoms with Crippen molar-refractivity contribution in [3.8, 4) is 0 Å². The highest BCUT2D eigenvalue weighted by molar-refractivity contribution is 5.88. The van der Waals surface area contributed by atoms with Crippen molar-refractivity contribution in [1.29, 1.82) is 5.41 Å². The van der Waals surface area contributed by atoms with E-state index in [-0.39, 0.29) is 17.9 Å². The molecule has 18 heavy (non-hydrogen) atoms. The van der Waals surface area contributed by atoms with Crippen LogP contribution in [0.15, 0.2) is 30.3 Å². The summed E-state index contributed by atoms with van der Waals surface area (Å²) in [4.78, 5) is 11.8. The van der Waals surface area contributed by atoms with Crippen LogP contribution in [0.25, 0.3) is 0 Å². The van der Waals surface area contributed by atoms with Gasteiger partial charge < -0.3 is 16.4 Å². The molecule has 0 aliphatic heterocycles. The summed E-state index contributed by atoms with van der Waals surface area (Å²) in [6.45, 7) is 0. The van der Waals surface area contributed by atoms with Crippen molar-refractivity contribution in [3.05, 3.63) is 35.9 Å². The van der Waals surface area contributed by atoms with Gasteiger partial charge in [-0.1, -0.05) is 30.3 Å². The number of nitrogens with two attached hydrogens (primary N) is 1. The largest absolute Gasteiger partial charge is 0.386 e. The zero-order valence-corrected chi connectivity index (χ0v) is 10.1. The summed E-state index contributed by atoms with van der Waals surface area (Å²) in [5.74, 6) is -0.0649. The number of carbonyl (C=O) groups is 1. The first-order valence-corrected chi connectivity index (χ1v) is 6.12. The first-order valence-electron chi connectivity index (χ1n) is 6.12. The molecule has 2 rings (SSSR count). The summed E-state index contributed by atoms with van der Waals surface area (Å²) < 4.78 is 0. The Kier molecular flexibility index (Phi) is 3.82. The number of amides is 2. The predicted octanol–water partition coefficient (Wildman–Crippen LogP) is 1.52. The van der Waals surface area contributed by atoms with Crippen molar-refractivity contribution in [1.82, 2.24) is 10.6 Å². The van der Waals surface area contributed by atoms with Gasteiger partial charge in [0.15, 0.2) is 0 Å². The fourth-order valence-corrected chi connectivity index (χ4v) is 1.90. The average Bonchev–Trinajstić information content (AvgIpc) is 2.31. The molecule has 1 unspecified atom stereocenters. The van der Waals surface area contributed by atoms with Crippen molar-refractivity contribution < 1.29 is 4.79 Å². The normalized spacial score (nSPS) is 16.4. The minimum Gasteiger partial charge on any atom is -0.386 e. The van der Waals surface area contributed by atoms with Gasteiger partial charge in [0, 0.05) is 6.04 Å². The van der Waals surface area contributed by atoms with E-state index >= 15 is 0 Å². The van der Waals surface area contributed by atoms with Gasteiger partial charge in [0.05, 0.1) is 0 Å². The molecule has 0 heterocycles. The second kappa shape index (κ2) is 5.53. The summed E-state index contributed by atoms with van der Waals surface area (Å²) in [5, 5.41) is 13.2. The van der Waals surface area contributed by atoms with E-state index in [0.29, 0.717) is 0 Å². The van der Waals surface area contributed by atoms with Crippen molar-refractivity contribution >= 4 is 11.9 Å². The Morgan fingerprint density at radius 1 is 1.33 bits per heavy atom. The van der Waals surface area contributed by atoms with Crippen LogP contribution in [0.1, 0.15) is 30.9 Å². The van der Waals surface area contributed by atoms with E-state index in [1.165, 1.54) is 6.42 Å². The maximum atomic E-state index is 11.8. The third kappa shape index (κ3) is 3.00. The summed E-state index contributed by atoms with van der Waals surface area (Å²) in [6.07, 6.45) is 3.23. The van der Waals surface area contributed by atoms with Crippen LogP contribution >= 0.6 is 0 Å². The van der Waals surface area contributed by atoms with Crippen LogP contribution < -0.4 is 16.4 Å². The van der Waals surface area contributed by atoms with Gasteiger partial charge in [0.25, 0.3) is 0 Å². The second-order valence-electron chi connectivity index (χ2n) is 4.54. The first-order chi connectivity index (χ1) is 8.66. The molecule has 0 aromatic heterocycles. The number of benzene rings is 1. The van der Waals surface area contributed by atoms with E-state index in [1.54, 1.807) is 0 Å². The highest BCUT2D eigenvalue weighted by Gasteiger charge is 2.22. The van der Waals surface area contributed by atoms with Crippen molar-refractivity contribution in [2.75, 3.05) is 0 Å². The van der Waals surface area contributed by atoms with Gasteiger partial charge in [-0.25, -0.2) is 4.79 Å². The number of nitrogens with one attached hydrogen (secondary N) is 3. The smallest absolute Gasteiger partial charge is 0.315 e. The molecule has 1 atom stereocenters. The molecule has 2 amide bonds. The quantitative estimate of drug-likeness (QED) is 0.479. The van der Waals surface area contributed by atoms with Gasteiger partial charge in [-0.05, 0) is 24.8 Å². The molecule has 1 saturated carbocycles. The average molecular weight is 246 g/mol. The van der Waals surface area contributed by atoms with Crippen LogP contribution in [-0.4, -0.2) is 17.9 Å². The highest BCUT2D eigenvalue weighted by Crippen LogP contribution is 2.18. The molecule has 0 bridgehead atoms. The summed E-state index contributed by atoms with van der Waals surface area (Å²) >= 11 is 0. The Morgan fingerprint density at radius 3 is 2.50 bits per heavy atom. The molecule has 0 spiro atoms. The molecule has 0 saturated heterocycles. The topological polar surface area (TPSA) is 91.0 Å². The Labute approximate surface area is 106 Å². The fourth-order valence-electron chi connectivity index (χ4n) is 1.90. The van der Waals surface area contributed by atoms with E-state index in [4.69, 9.17) is 11.1 Å². The monoisotopic (exact) mass is 246 g/mol.